The highest BCUT2D eigenvalue weighted by molar-refractivity contribution is 7.33. The molecule has 0 radical (unpaired) electrons. The SMILES string of the molecule is COC(=O)[C@]1(O[P+](=O)OC[C@H]2O[C@@H](n3ccc(N)nc3=O)C(O)C2C)CC(NC(=O)CN)OC([C@H](C)[C@H](O)CO)O1. The van der Waals surface area contributed by atoms with E-state index in [1.807, 2.05) is 0 Å². The van der Waals surface area contributed by atoms with Crippen LogP contribution in [0, 0.1) is 11.8 Å². The van der Waals surface area contributed by atoms with Crippen LogP contribution in [0.1, 0.15) is 26.5 Å². The third-order valence-electron chi connectivity index (χ3n) is 6.71. The summed E-state index contributed by atoms with van der Waals surface area (Å²) in [7, 11) is -2.15. The Bertz CT molecular complexity index is 1160. The second kappa shape index (κ2) is 14.0. The van der Waals surface area contributed by atoms with Gasteiger partial charge in [-0.25, -0.2) is 9.59 Å². The second-order valence-electron chi connectivity index (χ2n) is 9.51. The number of aromatic nitrogens is 2. The minimum atomic E-state index is -3.16. The van der Waals surface area contributed by atoms with Crippen molar-refractivity contribution in [1.29, 1.82) is 0 Å². The molecule has 2 saturated heterocycles. The van der Waals surface area contributed by atoms with Crippen LogP contribution in [0.4, 0.5) is 5.82 Å². The van der Waals surface area contributed by atoms with E-state index in [1.54, 1.807) is 6.92 Å². The number of rotatable bonds is 12. The van der Waals surface area contributed by atoms with Gasteiger partial charge in [-0.05, 0) is 6.07 Å². The van der Waals surface area contributed by atoms with Crippen LogP contribution in [0.25, 0.3) is 0 Å². The van der Waals surface area contributed by atoms with Gasteiger partial charge in [0.1, 0.15) is 24.8 Å². The summed E-state index contributed by atoms with van der Waals surface area (Å²) >= 11 is 0. The maximum atomic E-state index is 13.0. The Labute approximate surface area is 234 Å². The highest BCUT2D eigenvalue weighted by atomic mass is 31.1. The normalized spacial score (nSPS) is 31.7. The van der Waals surface area contributed by atoms with Crippen LogP contribution >= 0.6 is 8.25 Å². The molecule has 8 N–H and O–H groups in total. The summed E-state index contributed by atoms with van der Waals surface area (Å²) in [4.78, 5) is 40.6. The third kappa shape index (κ3) is 7.61. The number of methoxy groups -OCH3 is 1. The fourth-order valence-electron chi connectivity index (χ4n) is 4.19. The molecule has 2 aliphatic heterocycles. The molecule has 19 heteroatoms. The van der Waals surface area contributed by atoms with Crippen molar-refractivity contribution in [3.05, 3.63) is 22.7 Å². The number of esters is 1. The molecule has 0 aromatic carbocycles. The molecule has 5 unspecified atom stereocenters. The molecule has 0 spiro atoms. The number of carbonyl (C=O) groups excluding carboxylic acids is 2. The first-order valence-corrected chi connectivity index (χ1v) is 13.6. The lowest BCUT2D eigenvalue weighted by molar-refractivity contribution is -0.351. The van der Waals surface area contributed by atoms with Crippen molar-refractivity contribution in [3.8, 4) is 0 Å². The first kappa shape index (κ1) is 32.9. The van der Waals surface area contributed by atoms with Gasteiger partial charge in [0.2, 0.25) is 5.91 Å². The summed E-state index contributed by atoms with van der Waals surface area (Å²) in [6.07, 6.45) is -6.53. The van der Waals surface area contributed by atoms with Gasteiger partial charge < -0.3 is 51.1 Å². The molecular weight excluding hydrogens is 573 g/mol. The number of nitrogen functional groups attached to an aromatic ring is 1. The maximum absolute atomic E-state index is 13.0. The molecule has 0 aliphatic carbocycles. The summed E-state index contributed by atoms with van der Waals surface area (Å²) in [5.74, 6) is -5.87. The van der Waals surface area contributed by atoms with E-state index in [1.165, 1.54) is 19.2 Å². The van der Waals surface area contributed by atoms with E-state index in [9.17, 15) is 34.3 Å². The van der Waals surface area contributed by atoms with Crippen molar-refractivity contribution >= 4 is 25.9 Å². The number of hydrogen-bond acceptors (Lipinski definition) is 16. The number of carbonyl (C=O) groups is 2. The van der Waals surface area contributed by atoms with Gasteiger partial charge in [0, 0.05) is 22.6 Å². The minimum Gasteiger partial charge on any atom is -0.465 e. The number of amides is 1. The second-order valence-corrected chi connectivity index (χ2v) is 10.4. The van der Waals surface area contributed by atoms with E-state index in [-0.39, 0.29) is 5.82 Å². The molecule has 3 rings (SSSR count). The molecule has 3 heterocycles. The van der Waals surface area contributed by atoms with Crippen LogP contribution in [0.3, 0.4) is 0 Å². The van der Waals surface area contributed by atoms with Gasteiger partial charge in [0.05, 0.1) is 38.9 Å². The van der Waals surface area contributed by atoms with Crippen LogP contribution in [0.15, 0.2) is 17.1 Å². The first-order chi connectivity index (χ1) is 19.3. The van der Waals surface area contributed by atoms with Gasteiger partial charge in [0.25, 0.3) is 0 Å². The molecular formula is C22H35N5O13P+. The zero-order valence-corrected chi connectivity index (χ0v) is 23.4. The predicted octanol–water partition coefficient (Wildman–Crippen LogP) is -2.57. The largest absolute Gasteiger partial charge is 0.701 e. The maximum Gasteiger partial charge on any atom is 0.701 e. The summed E-state index contributed by atoms with van der Waals surface area (Å²) in [6, 6.07) is 1.35. The number of hydrogen-bond donors (Lipinski definition) is 6. The number of nitrogens with zero attached hydrogens (tertiary/aromatic N) is 2. The molecule has 41 heavy (non-hydrogen) atoms. The standard InChI is InChI=1S/C22H34N5O13P/c1-10(12(29)8-28)19-38-16(26-15(30)7-23)6-22(39-19,20(32)35-3)40-41(34)36-9-13-11(2)17(31)18(37-13)27-5-4-14(24)25-21(27)33/h4-5,10-13,16-19,28-29,31H,6-9,23H2,1-3H3,(H2-,24,25,26,30,33)/p+1/t10-,11?,12-,13-,16?,17?,18-,19?,22-/m1/s1. The molecule has 230 valence electrons. The van der Waals surface area contributed by atoms with Gasteiger partial charge in [-0.2, -0.15) is 4.98 Å². The molecule has 10 atom stereocenters. The van der Waals surface area contributed by atoms with Crippen molar-refractivity contribution in [2.75, 3.05) is 32.6 Å². The quantitative estimate of drug-likeness (QED) is 0.105. The van der Waals surface area contributed by atoms with Crippen molar-refractivity contribution in [2.45, 2.75) is 63.1 Å². The molecule has 2 fully saturated rings. The van der Waals surface area contributed by atoms with Crippen LogP contribution in [-0.2, 0) is 42.1 Å². The van der Waals surface area contributed by atoms with E-state index in [2.05, 4.69) is 10.3 Å². The number of anilines is 1. The van der Waals surface area contributed by atoms with E-state index in [0.717, 1.165) is 11.7 Å². The number of ether oxygens (including phenoxy) is 4. The smallest absolute Gasteiger partial charge is 0.465 e. The highest BCUT2D eigenvalue weighted by Crippen LogP contribution is 2.42. The predicted molar refractivity (Wildman–Crippen MR) is 135 cm³/mol. The zero-order valence-electron chi connectivity index (χ0n) is 22.5. The van der Waals surface area contributed by atoms with Crippen LogP contribution < -0.4 is 22.5 Å². The Morgan fingerprint density at radius 3 is 2.71 bits per heavy atom. The van der Waals surface area contributed by atoms with Gasteiger partial charge in [-0.1, -0.05) is 18.4 Å². The van der Waals surface area contributed by atoms with Crippen molar-refractivity contribution < 1.29 is 57.5 Å². The van der Waals surface area contributed by atoms with E-state index >= 15 is 0 Å². The van der Waals surface area contributed by atoms with Crippen molar-refractivity contribution in [2.24, 2.45) is 17.6 Å². The van der Waals surface area contributed by atoms with Gasteiger partial charge in [-0.15, -0.1) is 4.52 Å². The van der Waals surface area contributed by atoms with Crippen LogP contribution in [0.5, 0.6) is 0 Å². The Balaban J connectivity index is 1.75. The van der Waals surface area contributed by atoms with Crippen LogP contribution in [-0.4, -0.2) is 100 Å². The Kier molecular flexibility index (Phi) is 11.2. The van der Waals surface area contributed by atoms with Crippen LogP contribution in [0.2, 0.25) is 0 Å². The Morgan fingerprint density at radius 2 is 2.10 bits per heavy atom. The van der Waals surface area contributed by atoms with E-state index in [0.29, 0.717) is 0 Å². The summed E-state index contributed by atoms with van der Waals surface area (Å²) < 4.78 is 46.6. The number of nitrogens with one attached hydrogen (secondary N) is 1. The first-order valence-electron chi connectivity index (χ1n) is 12.5. The number of aliphatic hydroxyl groups is 3. The lowest BCUT2D eigenvalue weighted by Crippen LogP contribution is -2.60. The topological polar surface area (TPSA) is 266 Å². The average Bonchev–Trinajstić information content (AvgIpc) is 3.22. The molecule has 1 amide bonds. The summed E-state index contributed by atoms with van der Waals surface area (Å²) in [5.41, 5.74) is 10.1. The zero-order chi connectivity index (χ0) is 30.5. The fourth-order valence-corrected chi connectivity index (χ4v) is 4.94. The monoisotopic (exact) mass is 608 g/mol. The molecule has 2 aliphatic rings. The van der Waals surface area contributed by atoms with Gasteiger partial charge in [0.15, 0.2) is 12.5 Å². The summed E-state index contributed by atoms with van der Waals surface area (Å²) in [6.45, 7) is 1.53. The lowest BCUT2D eigenvalue weighted by atomic mass is 10.0. The lowest BCUT2D eigenvalue weighted by Gasteiger charge is -2.41. The molecule has 1 aromatic heterocycles. The molecule has 0 saturated carbocycles. The van der Waals surface area contributed by atoms with E-state index in [4.69, 9.17) is 39.5 Å². The molecule has 18 nitrogen and oxygen atoms in total. The van der Waals surface area contributed by atoms with Gasteiger partial charge in [-0.3, -0.25) is 9.36 Å². The molecule has 1 aromatic rings. The van der Waals surface area contributed by atoms with E-state index < -0.39 is 107 Å². The third-order valence-corrected chi connectivity index (χ3v) is 7.51. The summed E-state index contributed by atoms with van der Waals surface area (Å²) in [5, 5.41) is 32.5. The number of aliphatic hydroxyl groups excluding tert-OH is 3. The average molecular weight is 609 g/mol. The molecule has 0 bridgehead atoms. The fraction of sp³-hybridized carbons (Fsp3) is 0.727. The highest BCUT2D eigenvalue weighted by Gasteiger charge is 2.59. The van der Waals surface area contributed by atoms with Crippen molar-refractivity contribution in [1.82, 2.24) is 14.9 Å². The minimum absolute atomic E-state index is 0.0111. The number of nitrogens with two attached hydrogens (primary N) is 2. The Hall–Kier alpha value is -2.64. The Morgan fingerprint density at radius 1 is 1.39 bits per heavy atom. The van der Waals surface area contributed by atoms with Crippen molar-refractivity contribution in [3.63, 3.8) is 0 Å². The van der Waals surface area contributed by atoms with Gasteiger partial charge >= 0.3 is 25.7 Å².